The second-order valence-electron chi connectivity index (χ2n) is 5.75. The molecule has 1 amide bonds. The number of carbonyl (C=O) groups is 1. The molecule has 0 bridgehead atoms. The largest absolute Gasteiger partial charge is 0.496 e. The molecule has 2 aromatic carbocycles. The number of benzene rings is 2. The molecule has 0 fully saturated rings. The second-order valence-corrected chi connectivity index (χ2v) is 5.75. The molecule has 3 aromatic rings. The molecule has 6 heteroatoms. The van der Waals surface area contributed by atoms with Gasteiger partial charge in [0.25, 0.3) is 5.91 Å². The maximum Gasteiger partial charge on any atom is 0.255 e. The Hall–Kier alpha value is -3.54. The Morgan fingerprint density at radius 2 is 1.67 bits per heavy atom. The number of hydrogen-bond acceptors (Lipinski definition) is 5. The van der Waals surface area contributed by atoms with Crippen molar-refractivity contribution in [1.82, 2.24) is 4.98 Å². The lowest BCUT2D eigenvalue weighted by Gasteiger charge is -2.12. The zero-order chi connectivity index (χ0) is 19.1. The van der Waals surface area contributed by atoms with E-state index in [1.165, 1.54) is 0 Å². The highest BCUT2D eigenvalue weighted by Crippen LogP contribution is 2.24. The highest BCUT2D eigenvalue weighted by molar-refractivity contribution is 6.05. The van der Waals surface area contributed by atoms with Gasteiger partial charge < -0.3 is 20.1 Å². The van der Waals surface area contributed by atoms with E-state index in [4.69, 9.17) is 9.47 Å². The first kappa shape index (κ1) is 18.3. The van der Waals surface area contributed by atoms with E-state index in [0.29, 0.717) is 29.4 Å². The average Bonchev–Trinajstić information content (AvgIpc) is 2.73. The van der Waals surface area contributed by atoms with Crippen LogP contribution in [0.15, 0.2) is 66.9 Å². The van der Waals surface area contributed by atoms with Crippen LogP contribution in [0.25, 0.3) is 0 Å². The van der Waals surface area contributed by atoms with Gasteiger partial charge in [-0.05, 0) is 30.3 Å². The van der Waals surface area contributed by atoms with Crippen LogP contribution < -0.4 is 20.1 Å². The Balaban J connectivity index is 1.70. The van der Waals surface area contributed by atoms with Gasteiger partial charge in [-0.15, -0.1) is 0 Å². The fourth-order valence-corrected chi connectivity index (χ4v) is 2.65. The minimum atomic E-state index is -0.234. The zero-order valence-corrected chi connectivity index (χ0v) is 15.2. The van der Waals surface area contributed by atoms with Crippen LogP contribution in [0.4, 0.5) is 11.5 Å². The summed E-state index contributed by atoms with van der Waals surface area (Å²) in [5, 5.41) is 6.08. The number of carbonyl (C=O) groups excluding carboxylic acids is 1. The minimum absolute atomic E-state index is 0.234. The normalized spacial score (nSPS) is 10.1. The van der Waals surface area contributed by atoms with Gasteiger partial charge in [0.1, 0.15) is 17.3 Å². The Bertz CT molecular complexity index is 928. The van der Waals surface area contributed by atoms with Crippen molar-refractivity contribution in [3.63, 3.8) is 0 Å². The minimum Gasteiger partial charge on any atom is -0.496 e. The van der Waals surface area contributed by atoms with E-state index in [2.05, 4.69) is 15.6 Å². The predicted molar refractivity (Wildman–Crippen MR) is 106 cm³/mol. The molecule has 6 nitrogen and oxygen atoms in total. The third-order valence-electron chi connectivity index (χ3n) is 4.03. The number of anilines is 2. The van der Waals surface area contributed by atoms with E-state index < -0.39 is 0 Å². The Morgan fingerprint density at radius 1 is 0.963 bits per heavy atom. The summed E-state index contributed by atoms with van der Waals surface area (Å²) in [5.41, 5.74) is 2.12. The van der Waals surface area contributed by atoms with E-state index in [9.17, 15) is 4.79 Å². The summed E-state index contributed by atoms with van der Waals surface area (Å²) in [6, 6.07) is 18.4. The number of ether oxygens (including phenoxy) is 2. The van der Waals surface area contributed by atoms with Crippen LogP contribution >= 0.6 is 0 Å². The quantitative estimate of drug-likeness (QED) is 0.665. The molecule has 138 valence electrons. The molecule has 2 N–H and O–H groups in total. The molecule has 0 aliphatic heterocycles. The summed E-state index contributed by atoms with van der Waals surface area (Å²) in [6.07, 6.45) is 1.60. The van der Waals surface area contributed by atoms with Crippen LogP contribution in [-0.4, -0.2) is 25.1 Å². The predicted octanol–water partition coefficient (Wildman–Crippen LogP) is 3.96. The molecule has 1 aromatic heterocycles. The van der Waals surface area contributed by atoms with E-state index in [0.717, 1.165) is 11.3 Å². The molecule has 0 aliphatic carbocycles. The number of aromatic nitrogens is 1. The number of para-hydroxylation sites is 3. The van der Waals surface area contributed by atoms with Gasteiger partial charge in [0.15, 0.2) is 0 Å². The van der Waals surface area contributed by atoms with Gasteiger partial charge in [0.05, 0.1) is 19.9 Å². The van der Waals surface area contributed by atoms with Crippen molar-refractivity contribution in [3.05, 3.63) is 78.0 Å². The molecule has 27 heavy (non-hydrogen) atoms. The summed E-state index contributed by atoms with van der Waals surface area (Å²) in [4.78, 5) is 16.8. The Labute approximate surface area is 158 Å². The molecule has 0 unspecified atom stereocenters. The zero-order valence-electron chi connectivity index (χ0n) is 15.2. The van der Waals surface area contributed by atoms with Crippen molar-refractivity contribution in [2.24, 2.45) is 0 Å². The SMILES string of the molecule is COc1ccccc1CNc1cc(C(=O)Nc2ccccc2OC)ccn1. The average molecular weight is 363 g/mol. The fourth-order valence-electron chi connectivity index (χ4n) is 2.65. The summed E-state index contributed by atoms with van der Waals surface area (Å²) < 4.78 is 10.6. The molecule has 0 radical (unpaired) electrons. The molecule has 0 aliphatic rings. The van der Waals surface area contributed by atoms with Gasteiger partial charge in [-0.1, -0.05) is 30.3 Å². The van der Waals surface area contributed by atoms with Crippen molar-refractivity contribution in [3.8, 4) is 11.5 Å². The van der Waals surface area contributed by atoms with Gasteiger partial charge in [-0.2, -0.15) is 0 Å². The highest BCUT2D eigenvalue weighted by atomic mass is 16.5. The first-order valence-electron chi connectivity index (χ1n) is 8.47. The lowest BCUT2D eigenvalue weighted by atomic mass is 10.2. The number of pyridine rings is 1. The topological polar surface area (TPSA) is 72.5 Å². The Kier molecular flexibility index (Phi) is 5.89. The lowest BCUT2D eigenvalue weighted by Crippen LogP contribution is -2.13. The van der Waals surface area contributed by atoms with Gasteiger partial charge in [-0.3, -0.25) is 4.79 Å². The van der Waals surface area contributed by atoms with Gasteiger partial charge >= 0.3 is 0 Å². The molecule has 0 spiro atoms. The maximum atomic E-state index is 12.6. The standard InChI is InChI=1S/C21H21N3O3/c1-26-18-9-5-3-7-16(18)14-23-20-13-15(11-12-22-20)21(25)24-17-8-4-6-10-19(17)27-2/h3-13H,14H2,1-2H3,(H,22,23)(H,24,25). The van der Waals surface area contributed by atoms with Gasteiger partial charge in [0, 0.05) is 23.9 Å². The molecular formula is C21H21N3O3. The van der Waals surface area contributed by atoms with Crippen LogP contribution in [0.1, 0.15) is 15.9 Å². The van der Waals surface area contributed by atoms with Crippen molar-refractivity contribution >= 4 is 17.4 Å². The third-order valence-corrected chi connectivity index (χ3v) is 4.03. The first-order chi connectivity index (χ1) is 13.2. The molecule has 1 heterocycles. The summed E-state index contributed by atoms with van der Waals surface area (Å²) in [6.45, 7) is 0.536. The van der Waals surface area contributed by atoms with Gasteiger partial charge in [-0.25, -0.2) is 4.98 Å². The first-order valence-corrected chi connectivity index (χ1v) is 8.47. The Morgan fingerprint density at radius 3 is 2.44 bits per heavy atom. The van der Waals surface area contributed by atoms with Crippen molar-refractivity contribution < 1.29 is 14.3 Å². The molecule has 3 rings (SSSR count). The van der Waals surface area contributed by atoms with Crippen LogP contribution in [0.5, 0.6) is 11.5 Å². The van der Waals surface area contributed by atoms with Crippen LogP contribution in [0.2, 0.25) is 0 Å². The van der Waals surface area contributed by atoms with Crippen molar-refractivity contribution in [1.29, 1.82) is 0 Å². The van der Waals surface area contributed by atoms with Crippen molar-refractivity contribution in [2.45, 2.75) is 6.54 Å². The smallest absolute Gasteiger partial charge is 0.255 e. The monoisotopic (exact) mass is 363 g/mol. The number of nitrogens with zero attached hydrogens (tertiary/aromatic N) is 1. The molecular weight excluding hydrogens is 342 g/mol. The summed E-state index contributed by atoms with van der Waals surface area (Å²) in [7, 11) is 3.21. The number of hydrogen-bond donors (Lipinski definition) is 2. The summed E-state index contributed by atoms with van der Waals surface area (Å²) >= 11 is 0. The lowest BCUT2D eigenvalue weighted by molar-refractivity contribution is 0.102. The van der Waals surface area contributed by atoms with Crippen LogP contribution in [-0.2, 0) is 6.54 Å². The van der Waals surface area contributed by atoms with Crippen LogP contribution in [0, 0.1) is 0 Å². The molecule has 0 saturated carbocycles. The fraction of sp³-hybridized carbons (Fsp3) is 0.143. The van der Waals surface area contributed by atoms with Crippen LogP contribution in [0.3, 0.4) is 0 Å². The van der Waals surface area contributed by atoms with E-state index in [1.54, 1.807) is 44.7 Å². The summed E-state index contributed by atoms with van der Waals surface area (Å²) in [5.74, 6) is 1.78. The van der Waals surface area contributed by atoms with E-state index >= 15 is 0 Å². The number of nitrogens with one attached hydrogen (secondary N) is 2. The van der Waals surface area contributed by atoms with Gasteiger partial charge in [0.2, 0.25) is 0 Å². The molecule has 0 saturated heterocycles. The van der Waals surface area contributed by atoms with Crippen molar-refractivity contribution in [2.75, 3.05) is 24.9 Å². The maximum absolute atomic E-state index is 12.6. The number of rotatable bonds is 7. The third kappa shape index (κ3) is 4.55. The van der Waals surface area contributed by atoms with E-state index in [1.807, 2.05) is 36.4 Å². The second kappa shape index (κ2) is 8.71. The molecule has 0 atom stereocenters. The van der Waals surface area contributed by atoms with E-state index in [-0.39, 0.29) is 5.91 Å². The highest BCUT2D eigenvalue weighted by Gasteiger charge is 2.10. The number of amides is 1. The number of methoxy groups -OCH3 is 2.